The van der Waals surface area contributed by atoms with E-state index in [4.69, 9.17) is 0 Å². The summed E-state index contributed by atoms with van der Waals surface area (Å²) in [7, 11) is 0. The number of nitrogens with one attached hydrogen (secondary N) is 1. The Hall–Kier alpha value is -1.80. The predicted octanol–water partition coefficient (Wildman–Crippen LogP) is 1.70. The van der Waals surface area contributed by atoms with Crippen LogP contribution in [-0.4, -0.2) is 67.4 Å². The van der Waals surface area contributed by atoms with Crippen LogP contribution >= 0.6 is 0 Å². The highest BCUT2D eigenvalue weighted by atomic mass is 19.4. The van der Waals surface area contributed by atoms with Crippen LogP contribution in [0.25, 0.3) is 0 Å². The molecule has 1 atom stereocenters. The first-order chi connectivity index (χ1) is 11.4. The third-order valence-electron chi connectivity index (χ3n) is 4.45. The molecule has 5 nitrogen and oxygen atoms in total. The monoisotopic (exact) mass is 343 g/mol. The van der Waals surface area contributed by atoms with E-state index >= 15 is 0 Å². The highest BCUT2D eigenvalue weighted by Gasteiger charge is 2.32. The van der Waals surface area contributed by atoms with Gasteiger partial charge in [-0.05, 0) is 30.7 Å². The molecule has 24 heavy (non-hydrogen) atoms. The van der Waals surface area contributed by atoms with Gasteiger partial charge in [-0.15, -0.1) is 13.2 Å². The fourth-order valence-electron chi connectivity index (χ4n) is 3.25. The summed E-state index contributed by atoms with van der Waals surface area (Å²) in [5.41, 5.74) is 0.380. The molecule has 2 fully saturated rings. The van der Waals surface area contributed by atoms with E-state index in [0.717, 1.165) is 32.6 Å². The van der Waals surface area contributed by atoms with Crippen molar-refractivity contribution in [2.45, 2.75) is 18.8 Å². The number of likely N-dealkylation sites (tertiary alicyclic amines) is 1. The van der Waals surface area contributed by atoms with Gasteiger partial charge >= 0.3 is 6.36 Å². The number of hydrogen-bond donors (Lipinski definition) is 1. The standard InChI is InChI=1S/C16H20F3N3O2/c17-16(18,19)24-14-3-1-12(2-4-14)15(23)22-8-5-13(11-22)21-9-6-20-7-10-21/h1-4,13,20H,5-11H2. The van der Waals surface area contributed by atoms with Crippen molar-refractivity contribution in [3.8, 4) is 5.75 Å². The molecule has 1 aromatic rings. The average Bonchev–Trinajstić information content (AvgIpc) is 3.04. The van der Waals surface area contributed by atoms with Gasteiger partial charge in [0.15, 0.2) is 0 Å². The fourth-order valence-corrected chi connectivity index (χ4v) is 3.25. The van der Waals surface area contributed by atoms with Crippen molar-refractivity contribution in [2.24, 2.45) is 0 Å². The maximum Gasteiger partial charge on any atom is 0.573 e. The summed E-state index contributed by atoms with van der Waals surface area (Å²) in [6, 6.07) is 5.46. The number of alkyl halides is 3. The molecular weight excluding hydrogens is 323 g/mol. The number of hydrogen-bond acceptors (Lipinski definition) is 4. The van der Waals surface area contributed by atoms with E-state index < -0.39 is 6.36 Å². The highest BCUT2D eigenvalue weighted by Crippen LogP contribution is 2.24. The Morgan fingerprint density at radius 1 is 1.12 bits per heavy atom. The van der Waals surface area contributed by atoms with E-state index in [-0.39, 0.29) is 11.7 Å². The zero-order chi connectivity index (χ0) is 17.2. The molecule has 0 aromatic heterocycles. The number of carbonyl (C=O) groups is 1. The number of halogens is 3. The van der Waals surface area contributed by atoms with Crippen LogP contribution in [0.4, 0.5) is 13.2 Å². The lowest BCUT2D eigenvalue weighted by Crippen LogP contribution is -2.49. The molecule has 0 radical (unpaired) electrons. The molecule has 2 aliphatic heterocycles. The Morgan fingerprint density at radius 2 is 1.79 bits per heavy atom. The highest BCUT2D eigenvalue weighted by molar-refractivity contribution is 5.94. The van der Waals surface area contributed by atoms with Gasteiger partial charge in [-0.3, -0.25) is 9.69 Å². The lowest BCUT2D eigenvalue weighted by atomic mass is 10.2. The summed E-state index contributed by atoms with van der Waals surface area (Å²) in [6.45, 7) is 5.23. The first kappa shape index (κ1) is 17.0. The van der Waals surface area contributed by atoms with Crippen molar-refractivity contribution in [3.63, 3.8) is 0 Å². The zero-order valence-corrected chi connectivity index (χ0v) is 13.2. The molecule has 132 valence electrons. The summed E-state index contributed by atoms with van der Waals surface area (Å²) in [6.07, 6.45) is -3.79. The second-order valence-corrected chi connectivity index (χ2v) is 6.05. The average molecular weight is 343 g/mol. The van der Waals surface area contributed by atoms with Crippen molar-refractivity contribution < 1.29 is 22.7 Å². The third-order valence-corrected chi connectivity index (χ3v) is 4.45. The van der Waals surface area contributed by atoms with E-state index in [1.165, 1.54) is 24.3 Å². The number of rotatable bonds is 3. The smallest absolute Gasteiger partial charge is 0.406 e. The van der Waals surface area contributed by atoms with Gasteiger partial charge < -0.3 is 15.0 Å². The Labute approximate surface area is 138 Å². The molecule has 0 saturated carbocycles. The van der Waals surface area contributed by atoms with Crippen molar-refractivity contribution in [1.82, 2.24) is 15.1 Å². The summed E-state index contributed by atoms with van der Waals surface area (Å²) >= 11 is 0. The van der Waals surface area contributed by atoms with Gasteiger partial charge in [0.1, 0.15) is 5.75 Å². The number of amides is 1. The van der Waals surface area contributed by atoms with Crippen molar-refractivity contribution in [1.29, 1.82) is 0 Å². The molecule has 3 rings (SSSR count). The maximum atomic E-state index is 12.5. The van der Waals surface area contributed by atoms with Crippen LogP contribution in [-0.2, 0) is 0 Å². The van der Waals surface area contributed by atoms with Gasteiger partial charge in [0.2, 0.25) is 0 Å². The van der Waals surface area contributed by atoms with Crippen LogP contribution in [0.5, 0.6) is 5.75 Å². The fraction of sp³-hybridized carbons (Fsp3) is 0.562. The summed E-state index contributed by atoms with van der Waals surface area (Å²) < 4.78 is 40.3. The number of piperazine rings is 1. The molecule has 2 aliphatic rings. The Morgan fingerprint density at radius 3 is 2.42 bits per heavy atom. The third kappa shape index (κ3) is 4.18. The molecule has 1 aromatic carbocycles. The van der Waals surface area contributed by atoms with Crippen LogP contribution in [0.1, 0.15) is 16.8 Å². The molecule has 8 heteroatoms. The van der Waals surface area contributed by atoms with E-state index in [9.17, 15) is 18.0 Å². The first-order valence-corrected chi connectivity index (χ1v) is 8.02. The minimum atomic E-state index is -4.73. The Kier molecular flexibility index (Phi) is 4.96. The molecule has 2 heterocycles. The van der Waals surface area contributed by atoms with Gasteiger partial charge in [0.25, 0.3) is 5.91 Å². The molecule has 0 spiro atoms. The minimum absolute atomic E-state index is 0.147. The first-order valence-electron chi connectivity index (χ1n) is 8.02. The topological polar surface area (TPSA) is 44.8 Å². The van der Waals surface area contributed by atoms with Gasteiger partial charge in [0.05, 0.1) is 0 Å². The summed E-state index contributed by atoms with van der Waals surface area (Å²) in [5.74, 6) is -0.467. The largest absolute Gasteiger partial charge is 0.573 e. The van der Waals surface area contributed by atoms with Gasteiger partial charge in [0, 0.05) is 50.9 Å². The lowest BCUT2D eigenvalue weighted by molar-refractivity contribution is -0.274. The number of carbonyl (C=O) groups excluding carboxylic acids is 1. The Balaban J connectivity index is 1.58. The normalized spacial score (nSPS) is 22.6. The minimum Gasteiger partial charge on any atom is -0.406 e. The van der Waals surface area contributed by atoms with E-state index in [2.05, 4.69) is 15.0 Å². The summed E-state index contributed by atoms with van der Waals surface area (Å²) in [4.78, 5) is 16.7. The second-order valence-electron chi connectivity index (χ2n) is 6.05. The molecule has 2 saturated heterocycles. The van der Waals surface area contributed by atoms with Crippen molar-refractivity contribution in [2.75, 3.05) is 39.3 Å². The van der Waals surface area contributed by atoms with Crippen molar-refractivity contribution in [3.05, 3.63) is 29.8 Å². The molecular formula is C16H20F3N3O2. The van der Waals surface area contributed by atoms with Crippen LogP contribution < -0.4 is 10.1 Å². The predicted molar refractivity (Wildman–Crippen MR) is 81.9 cm³/mol. The molecule has 0 aliphatic carbocycles. The number of ether oxygens (including phenoxy) is 1. The number of benzene rings is 1. The van der Waals surface area contributed by atoms with Gasteiger partial charge in [-0.1, -0.05) is 0 Å². The van der Waals surface area contributed by atoms with Crippen molar-refractivity contribution >= 4 is 5.91 Å². The van der Waals surface area contributed by atoms with E-state index in [1.807, 2.05) is 0 Å². The SMILES string of the molecule is O=C(c1ccc(OC(F)(F)F)cc1)N1CCC(N2CCNCC2)C1. The molecule has 1 amide bonds. The Bertz CT molecular complexity index is 571. The van der Waals surface area contributed by atoms with Crippen LogP contribution in [0.2, 0.25) is 0 Å². The molecule has 1 N–H and O–H groups in total. The second kappa shape index (κ2) is 6.98. The maximum absolute atomic E-state index is 12.5. The lowest BCUT2D eigenvalue weighted by Gasteiger charge is -2.32. The van der Waals surface area contributed by atoms with Gasteiger partial charge in [-0.2, -0.15) is 0 Å². The van der Waals surface area contributed by atoms with Crippen LogP contribution in [0.15, 0.2) is 24.3 Å². The zero-order valence-electron chi connectivity index (χ0n) is 13.2. The van der Waals surface area contributed by atoms with E-state index in [0.29, 0.717) is 24.7 Å². The van der Waals surface area contributed by atoms with E-state index in [1.54, 1.807) is 4.90 Å². The quantitative estimate of drug-likeness (QED) is 0.908. The molecule has 1 unspecified atom stereocenters. The number of nitrogens with zero attached hydrogens (tertiary/aromatic N) is 2. The van der Waals surface area contributed by atoms with Crippen LogP contribution in [0.3, 0.4) is 0 Å². The summed E-state index contributed by atoms with van der Waals surface area (Å²) in [5, 5.41) is 3.31. The molecule has 0 bridgehead atoms. The van der Waals surface area contributed by atoms with Crippen LogP contribution in [0, 0.1) is 0 Å². The van der Waals surface area contributed by atoms with Gasteiger partial charge in [-0.25, -0.2) is 0 Å².